The molecule has 1 atom stereocenters. The van der Waals surface area contributed by atoms with Gasteiger partial charge in [0, 0.05) is 5.75 Å². The minimum absolute atomic E-state index is 0.265. The zero-order chi connectivity index (χ0) is 16.1. The SMILES string of the molecule is CC(Cl)C(=O)Nc1nnc(SCc2ccc(C(C)C)cc2)s1. The number of rotatable bonds is 6. The highest BCUT2D eigenvalue weighted by molar-refractivity contribution is 8.00. The van der Waals surface area contributed by atoms with Crippen molar-refractivity contribution in [1.29, 1.82) is 0 Å². The van der Waals surface area contributed by atoms with Crippen LogP contribution in [0.1, 0.15) is 37.8 Å². The van der Waals surface area contributed by atoms with Crippen LogP contribution in [-0.4, -0.2) is 21.5 Å². The topological polar surface area (TPSA) is 54.9 Å². The Morgan fingerprint density at radius 1 is 1.27 bits per heavy atom. The molecule has 1 N–H and O–H groups in total. The number of aromatic nitrogens is 2. The van der Waals surface area contributed by atoms with E-state index in [1.165, 1.54) is 22.5 Å². The van der Waals surface area contributed by atoms with Crippen LogP contribution in [-0.2, 0) is 10.5 Å². The highest BCUT2D eigenvalue weighted by Gasteiger charge is 2.12. The summed E-state index contributed by atoms with van der Waals surface area (Å²) >= 11 is 8.66. The molecule has 0 spiro atoms. The number of benzene rings is 1. The van der Waals surface area contributed by atoms with Crippen LogP contribution in [0.3, 0.4) is 0 Å². The molecule has 0 aliphatic heterocycles. The van der Waals surface area contributed by atoms with Gasteiger partial charge in [0.25, 0.3) is 0 Å². The van der Waals surface area contributed by atoms with Gasteiger partial charge in [-0.2, -0.15) is 0 Å². The van der Waals surface area contributed by atoms with Crippen molar-refractivity contribution in [3.63, 3.8) is 0 Å². The molecule has 0 bridgehead atoms. The van der Waals surface area contributed by atoms with Gasteiger partial charge in [-0.1, -0.05) is 61.2 Å². The first-order valence-corrected chi connectivity index (χ1v) is 9.19. The van der Waals surface area contributed by atoms with Crippen molar-refractivity contribution < 1.29 is 4.79 Å². The van der Waals surface area contributed by atoms with Gasteiger partial charge >= 0.3 is 0 Å². The number of thioether (sulfide) groups is 1. The van der Waals surface area contributed by atoms with Gasteiger partial charge in [-0.05, 0) is 24.0 Å². The van der Waals surface area contributed by atoms with Gasteiger partial charge in [0.15, 0.2) is 4.34 Å². The van der Waals surface area contributed by atoms with Crippen LogP contribution in [0.5, 0.6) is 0 Å². The molecule has 7 heteroatoms. The number of carbonyl (C=O) groups is 1. The monoisotopic (exact) mass is 355 g/mol. The van der Waals surface area contributed by atoms with E-state index in [2.05, 4.69) is 53.6 Å². The third-order valence-electron chi connectivity index (χ3n) is 3.01. The Bertz CT molecular complexity index is 626. The molecule has 118 valence electrons. The molecule has 22 heavy (non-hydrogen) atoms. The van der Waals surface area contributed by atoms with Crippen molar-refractivity contribution >= 4 is 45.7 Å². The molecule has 1 aromatic carbocycles. The number of anilines is 1. The Balaban J connectivity index is 1.89. The summed E-state index contributed by atoms with van der Waals surface area (Å²) in [5, 5.41) is 10.5. The van der Waals surface area contributed by atoms with Crippen LogP contribution in [0.2, 0.25) is 0 Å². The predicted octanol–water partition coefficient (Wildman–Crippen LogP) is 4.52. The van der Waals surface area contributed by atoms with E-state index in [4.69, 9.17) is 11.6 Å². The number of hydrogen-bond acceptors (Lipinski definition) is 5. The van der Waals surface area contributed by atoms with Gasteiger partial charge in [0.1, 0.15) is 5.38 Å². The molecule has 1 aromatic heterocycles. The summed E-state index contributed by atoms with van der Waals surface area (Å²) in [5.74, 6) is 1.10. The third-order valence-corrected chi connectivity index (χ3v) is 5.25. The van der Waals surface area contributed by atoms with Crippen molar-refractivity contribution in [3.8, 4) is 0 Å². The molecule has 4 nitrogen and oxygen atoms in total. The molecule has 1 unspecified atom stereocenters. The maximum Gasteiger partial charge on any atom is 0.243 e. The number of alkyl halides is 1. The lowest BCUT2D eigenvalue weighted by Gasteiger charge is -2.06. The zero-order valence-corrected chi connectivity index (χ0v) is 15.1. The van der Waals surface area contributed by atoms with Crippen molar-refractivity contribution in [2.24, 2.45) is 0 Å². The molecule has 0 radical (unpaired) electrons. The van der Waals surface area contributed by atoms with Gasteiger partial charge in [-0.25, -0.2) is 0 Å². The lowest BCUT2D eigenvalue weighted by atomic mass is 10.0. The van der Waals surface area contributed by atoms with Crippen molar-refractivity contribution in [2.45, 2.75) is 42.2 Å². The highest BCUT2D eigenvalue weighted by atomic mass is 35.5. The van der Waals surface area contributed by atoms with Crippen LogP contribution in [0, 0.1) is 0 Å². The number of carbonyl (C=O) groups excluding carboxylic acids is 1. The van der Waals surface area contributed by atoms with Gasteiger partial charge in [0.05, 0.1) is 0 Å². The number of halogens is 1. The van der Waals surface area contributed by atoms with Crippen LogP contribution in [0.4, 0.5) is 5.13 Å². The Morgan fingerprint density at radius 2 is 1.95 bits per heavy atom. The fourth-order valence-corrected chi connectivity index (χ4v) is 3.43. The Kier molecular flexibility index (Phi) is 6.23. The van der Waals surface area contributed by atoms with Crippen molar-refractivity contribution in [3.05, 3.63) is 35.4 Å². The maximum absolute atomic E-state index is 11.5. The molecule has 2 rings (SSSR count). The Hall–Kier alpha value is -1.11. The number of nitrogens with zero attached hydrogens (tertiary/aromatic N) is 2. The van der Waals surface area contributed by atoms with E-state index in [-0.39, 0.29) is 5.91 Å². The van der Waals surface area contributed by atoms with E-state index in [0.717, 1.165) is 10.1 Å². The van der Waals surface area contributed by atoms with Crippen LogP contribution in [0.15, 0.2) is 28.6 Å². The second-order valence-electron chi connectivity index (χ2n) is 5.16. The van der Waals surface area contributed by atoms with E-state index in [1.54, 1.807) is 18.7 Å². The molecule has 0 saturated carbocycles. The molecular weight excluding hydrogens is 338 g/mol. The minimum atomic E-state index is -0.584. The quantitative estimate of drug-likeness (QED) is 0.470. The molecule has 0 saturated heterocycles. The zero-order valence-electron chi connectivity index (χ0n) is 12.7. The van der Waals surface area contributed by atoms with E-state index < -0.39 is 5.38 Å². The van der Waals surface area contributed by atoms with E-state index in [0.29, 0.717) is 11.0 Å². The van der Waals surface area contributed by atoms with E-state index in [1.807, 2.05) is 0 Å². The van der Waals surface area contributed by atoms with Gasteiger partial charge < -0.3 is 0 Å². The smallest absolute Gasteiger partial charge is 0.243 e. The standard InChI is InChI=1S/C15H18ClN3OS2/c1-9(2)12-6-4-11(5-7-12)8-21-15-19-18-14(22-15)17-13(20)10(3)16/h4-7,9-10H,8H2,1-3H3,(H,17,18,20). The average Bonchev–Trinajstić information content (AvgIpc) is 2.93. The van der Waals surface area contributed by atoms with Gasteiger partial charge in [-0.3, -0.25) is 10.1 Å². The largest absolute Gasteiger partial charge is 0.299 e. The first kappa shape index (κ1) is 17.2. The average molecular weight is 356 g/mol. The Labute approximate surface area is 143 Å². The second-order valence-corrected chi connectivity index (χ2v) is 8.02. The molecule has 0 aliphatic carbocycles. The fourth-order valence-electron chi connectivity index (χ4n) is 1.67. The van der Waals surface area contributed by atoms with E-state index in [9.17, 15) is 4.79 Å². The summed E-state index contributed by atoms with van der Waals surface area (Å²) in [6.07, 6.45) is 0. The lowest BCUT2D eigenvalue weighted by Crippen LogP contribution is -2.20. The van der Waals surface area contributed by atoms with E-state index >= 15 is 0 Å². The highest BCUT2D eigenvalue weighted by Crippen LogP contribution is 2.28. The van der Waals surface area contributed by atoms with Crippen LogP contribution < -0.4 is 5.32 Å². The summed E-state index contributed by atoms with van der Waals surface area (Å²) in [6, 6.07) is 8.60. The summed E-state index contributed by atoms with van der Waals surface area (Å²) in [4.78, 5) is 11.5. The summed E-state index contributed by atoms with van der Waals surface area (Å²) in [6.45, 7) is 5.99. The summed E-state index contributed by atoms with van der Waals surface area (Å²) in [5.41, 5.74) is 2.58. The molecule has 0 fully saturated rings. The molecule has 1 amide bonds. The van der Waals surface area contributed by atoms with Gasteiger partial charge in [0.2, 0.25) is 11.0 Å². The van der Waals surface area contributed by atoms with Crippen molar-refractivity contribution in [1.82, 2.24) is 10.2 Å². The number of hydrogen-bond donors (Lipinski definition) is 1. The second kappa shape index (κ2) is 7.94. The minimum Gasteiger partial charge on any atom is -0.299 e. The molecule has 1 heterocycles. The predicted molar refractivity (Wildman–Crippen MR) is 93.9 cm³/mol. The summed E-state index contributed by atoms with van der Waals surface area (Å²) < 4.78 is 0.825. The van der Waals surface area contributed by atoms with Crippen molar-refractivity contribution in [2.75, 3.05) is 5.32 Å². The van der Waals surface area contributed by atoms with Gasteiger partial charge in [-0.15, -0.1) is 21.8 Å². The number of nitrogens with one attached hydrogen (secondary N) is 1. The first-order valence-electron chi connectivity index (χ1n) is 6.95. The molecular formula is C15H18ClN3OS2. The maximum atomic E-state index is 11.5. The Morgan fingerprint density at radius 3 is 2.55 bits per heavy atom. The third kappa shape index (κ3) is 4.97. The van der Waals surface area contributed by atoms with Crippen LogP contribution >= 0.6 is 34.7 Å². The molecule has 0 aliphatic rings. The molecule has 2 aromatic rings. The normalized spacial score (nSPS) is 12.4. The first-order chi connectivity index (χ1) is 10.5. The summed E-state index contributed by atoms with van der Waals surface area (Å²) in [7, 11) is 0. The fraction of sp³-hybridized carbons (Fsp3) is 0.400. The van der Waals surface area contributed by atoms with Crippen LogP contribution in [0.25, 0.3) is 0 Å². The lowest BCUT2D eigenvalue weighted by molar-refractivity contribution is -0.115. The number of amides is 1.